The molecular weight excluding hydrogens is 618 g/mol. The van der Waals surface area contributed by atoms with Crippen LogP contribution in [0.4, 0.5) is 17.3 Å². The summed E-state index contributed by atoms with van der Waals surface area (Å²) in [5, 5.41) is 7.30. The molecule has 46 heavy (non-hydrogen) atoms. The van der Waals surface area contributed by atoms with Gasteiger partial charge in [-0.3, -0.25) is 38.3 Å². The van der Waals surface area contributed by atoms with Crippen molar-refractivity contribution in [2.45, 2.75) is 38.0 Å². The summed E-state index contributed by atoms with van der Waals surface area (Å²) in [7, 11) is 0. The number of nitrogens with zero attached hydrogens (tertiary/aromatic N) is 5. The van der Waals surface area contributed by atoms with E-state index in [1.807, 2.05) is 0 Å². The number of rotatable bonds is 8. The third kappa shape index (κ3) is 4.87. The molecule has 1 saturated heterocycles. The van der Waals surface area contributed by atoms with Gasteiger partial charge in [0.15, 0.2) is 17.7 Å². The number of carbonyl (C=O) groups is 6. The molecule has 3 aliphatic rings. The van der Waals surface area contributed by atoms with Crippen LogP contribution in [0.1, 0.15) is 56.9 Å². The summed E-state index contributed by atoms with van der Waals surface area (Å²) in [4.78, 5) is 80.5. The maximum Gasteiger partial charge on any atom is 0.303 e. The van der Waals surface area contributed by atoms with Gasteiger partial charge in [-0.2, -0.15) is 9.47 Å². The summed E-state index contributed by atoms with van der Waals surface area (Å²) in [5.74, 6) is -4.11. The average Bonchev–Trinajstić information content (AvgIpc) is 3.52. The third-order valence-electron chi connectivity index (χ3n) is 7.87. The molecule has 5 amide bonds. The summed E-state index contributed by atoms with van der Waals surface area (Å²) in [6.07, 6.45) is 0.542. The first-order chi connectivity index (χ1) is 22.1. The maximum atomic E-state index is 13.7. The van der Waals surface area contributed by atoms with E-state index in [1.54, 1.807) is 29.1 Å². The first-order valence-corrected chi connectivity index (χ1v) is 15.1. The van der Waals surface area contributed by atoms with E-state index >= 15 is 0 Å². The zero-order chi connectivity index (χ0) is 32.3. The molecule has 0 bridgehead atoms. The molecule has 2 atom stereocenters. The zero-order valence-electron chi connectivity index (χ0n) is 24.2. The molecule has 2 aromatic carbocycles. The number of carbonyl (C=O) groups excluding carboxylic acids is 6. The van der Waals surface area contributed by atoms with Crippen molar-refractivity contribution in [2.24, 2.45) is 5.73 Å². The molecule has 2 aromatic heterocycles. The van der Waals surface area contributed by atoms with Crippen LogP contribution in [0.2, 0.25) is 0 Å². The monoisotopic (exact) mass is 643 g/mol. The fraction of sp³-hybridized carbons (Fsp3) is 0.267. The average molecular weight is 644 g/mol. The number of hydrogen-bond acceptors (Lipinski definition) is 11. The Morgan fingerprint density at radius 1 is 1.07 bits per heavy atom. The topological polar surface area (TPSA) is 196 Å². The second-order valence-electron chi connectivity index (χ2n) is 10.9. The van der Waals surface area contributed by atoms with E-state index in [0.717, 1.165) is 36.2 Å². The molecule has 4 heterocycles. The quantitative estimate of drug-likeness (QED) is 0.212. The lowest BCUT2D eigenvalue weighted by Crippen LogP contribution is -2.56. The molecule has 0 unspecified atom stereocenters. The highest BCUT2D eigenvalue weighted by atomic mass is 32.1. The minimum absolute atomic E-state index is 0.00906. The number of nitrogens with two attached hydrogens (primary N) is 1. The maximum absolute atomic E-state index is 13.7. The van der Waals surface area contributed by atoms with E-state index in [2.05, 4.69) is 14.8 Å². The number of esters is 1. The Bertz CT molecular complexity index is 1950. The van der Waals surface area contributed by atoms with Crippen molar-refractivity contribution in [3.05, 3.63) is 65.4 Å². The van der Waals surface area contributed by atoms with Gasteiger partial charge in [-0.25, -0.2) is 4.90 Å². The molecule has 7 rings (SSSR count). The van der Waals surface area contributed by atoms with Gasteiger partial charge in [0.25, 0.3) is 29.5 Å². The first-order valence-electron chi connectivity index (χ1n) is 14.3. The Hall–Kier alpha value is -5.48. The van der Waals surface area contributed by atoms with Crippen molar-refractivity contribution in [2.75, 3.05) is 28.3 Å². The Kier molecular flexibility index (Phi) is 7.09. The summed E-state index contributed by atoms with van der Waals surface area (Å²) >= 11 is 0.806. The largest absolute Gasteiger partial charge is 0.449 e. The molecule has 1 saturated carbocycles. The van der Waals surface area contributed by atoms with Gasteiger partial charge in [-0.05, 0) is 48.6 Å². The van der Waals surface area contributed by atoms with E-state index in [4.69, 9.17) is 15.2 Å². The van der Waals surface area contributed by atoms with Crippen molar-refractivity contribution < 1.29 is 38.2 Å². The predicted octanol–water partition coefficient (Wildman–Crippen LogP) is 2.03. The highest BCUT2D eigenvalue weighted by molar-refractivity contribution is 7.14. The molecule has 2 aliphatic heterocycles. The second kappa shape index (κ2) is 11.1. The van der Waals surface area contributed by atoms with Gasteiger partial charge in [0.1, 0.15) is 0 Å². The van der Waals surface area contributed by atoms with E-state index in [-0.39, 0.29) is 51.4 Å². The van der Waals surface area contributed by atoms with Crippen molar-refractivity contribution in [3.8, 4) is 0 Å². The molecule has 15 nitrogen and oxygen atoms in total. The fourth-order valence-corrected chi connectivity index (χ4v) is 6.50. The van der Waals surface area contributed by atoms with Crippen molar-refractivity contribution in [1.82, 2.24) is 14.2 Å². The van der Waals surface area contributed by atoms with E-state index in [9.17, 15) is 28.8 Å². The summed E-state index contributed by atoms with van der Waals surface area (Å²) in [6, 6.07) is 11.2. The Morgan fingerprint density at radius 3 is 2.43 bits per heavy atom. The van der Waals surface area contributed by atoms with Gasteiger partial charge in [0.2, 0.25) is 6.10 Å². The van der Waals surface area contributed by atoms with Crippen LogP contribution < -0.4 is 20.9 Å². The number of nitrogens with one attached hydrogen (secondary N) is 1. The van der Waals surface area contributed by atoms with Gasteiger partial charge in [0, 0.05) is 24.6 Å². The Morgan fingerprint density at radius 2 is 1.78 bits per heavy atom. The normalized spacial score (nSPS) is 18.5. The van der Waals surface area contributed by atoms with Crippen molar-refractivity contribution in [1.29, 1.82) is 0 Å². The third-order valence-corrected chi connectivity index (χ3v) is 8.74. The lowest BCUT2D eigenvalue weighted by molar-refractivity contribution is -0.167. The first kappa shape index (κ1) is 29.2. The van der Waals surface area contributed by atoms with Gasteiger partial charge in [-0.1, -0.05) is 12.1 Å². The summed E-state index contributed by atoms with van der Waals surface area (Å²) in [5.41, 5.74) is 5.95. The molecule has 2 fully saturated rings. The van der Waals surface area contributed by atoms with Crippen LogP contribution >= 0.6 is 11.5 Å². The SMILES string of the molecule is CC(=O)O[C@@H](C(=O)Nc1ccc2c(N3C(=O)c4ccccc4C3=O)nsc2c1C(N)=O)[C@H]1OCCN(c2ccn(C3CC3)n2)C1=O. The highest BCUT2D eigenvalue weighted by Gasteiger charge is 2.44. The number of hydrogen-bond donors (Lipinski definition) is 2. The van der Waals surface area contributed by atoms with Crippen LogP contribution in [0.3, 0.4) is 0 Å². The van der Waals surface area contributed by atoms with Gasteiger partial charge in [-0.15, -0.1) is 0 Å². The van der Waals surface area contributed by atoms with E-state index in [0.29, 0.717) is 11.9 Å². The van der Waals surface area contributed by atoms with Crippen LogP contribution in [0.15, 0.2) is 48.7 Å². The fourth-order valence-electron chi connectivity index (χ4n) is 5.58. The smallest absolute Gasteiger partial charge is 0.303 e. The standard InChI is InChI=1S/C30H25N7O8S/c1-14(38)45-22(23-30(43)35(12-13-44-23)20-10-11-36(33-20)15-6-7-15)27(40)32-19-9-8-18-24(21(19)25(31)39)46-34-26(18)37-28(41)16-4-2-3-5-17(16)29(37)42/h2-5,8-11,15,22-23H,6-7,12-13H2,1H3,(H2,31,39)(H,32,40)/t22-,23-/m1/s1. The van der Waals surface area contributed by atoms with Crippen LogP contribution in [0.25, 0.3) is 10.1 Å². The molecular formula is C30H25N7O8S. The molecule has 0 radical (unpaired) electrons. The predicted molar refractivity (Wildman–Crippen MR) is 162 cm³/mol. The number of anilines is 3. The van der Waals surface area contributed by atoms with E-state index in [1.165, 1.54) is 29.2 Å². The molecule has 4 aromatic rings. The van der Waals surface area contributed by atoms with E-state index < -0.39 is 47.7 Å². The highest BCUT2D eigenvalue weighted by Crippen LogP contribution is 2.39. The Balaban J connectivity index is 1.18. The van der Waals surface area contributed by atoms with Crippen molar-refractivity contribution in [3.63, 3.8) is 0 Å². The van der Waals surface area contributed by atoms with Gasteiger partial charge < -0.3 is 20.5 Å². The number of benzene rings is 2. The minimum Gasteiger partial charge on any atom is -0.449 e. The summed E-state index contributed by atoms with van der Waals surface area (Å²) in [6.45, 7) is 1.30. The van der Waals surface area contributed by atoms with Crippen LogP contribution in [-0.4, -0.2) is 75.0 Å². The number of amides is 5. The molecule has 0 spiro atoms. The number of imide groups is 1. The number of morpholine rings is 1. The van der Waals surface area contributed by atoms with Crippen LogP contribution in [0, 0.1) is 0 Å². The van der Waals surface area contributed by atoms with Gasteiger partial charge >= 0.3 is 5.97 Å². The number of aromatic nitrogens is 3. The van der Waals surface area contributed by atoms with Crippen LogP contribution in [-0.2, 0) is 23.9 Å². The number of primary amides is 1. The van der Waals surface area contributed by atoms with Gasteiger partial charge in [0.05, 0.1) is 46.3 Å². The van der Waals surface area contributed by atoms with Crippen LogP contribution in [0.5, 0.6) is 0 Å². The second-order valence-corrected chi connectivity index (χ2v) is 11.7. The molecule has 1 aliphatic carbocycles. The molecule has 16 heteroatoms. The molecule has 3 N–H and O–H groups in total. The number of fused-ring (bicyclic) bond motifs is 2. The zero-order valence-corrected chi connectivity index (χ0v) is 25.0. The lowest BCUT2D eigenvalue weighted by atomic mass is 10.1. The summed E-state index contributed by atoms with van der Waals surface area (Å²) < 4.78 is 17.2. The Labute approximate surface area is 264 Å². The lowest BCUT2D eigenvalue weighted by Gasteiger charge is -2.34. The number of ether oxygens (including phenoxy) is 2. The van der Waals surface area contributed by atoms with Crippen molar-refractivity contribution >= 4 is 74.4 Å². The molecule has 234 valence electrons. The minimum atomic E-state index is -1.73.